The summed E-state index contributed by atoms with van der Waals surface area (Å²) in [7, 11) is 1.53. The number of para-hydroxylation sites is 1. The number of nitrogens with two attached hydrogens (primary N) is 1. The standard InChI is InChI=1S/C13H18N2O3/c1-18-11-4-2-3-10(12(11)14)13(17)15-6-5-9(7-15)8-16/h2-4,9,16H,5-8,14H2,1H3. The Kier molecular flexibility index (Phi) is 3.72. The summed E-state index contributed by atoms with van der Waals surface area (Å²) < 4.78 is 5.10. The molecule has 5 nitrogen and oxygen atoms in total. The number of hydrogen-bond acceptors (Lipinski definition) is 4. The van der Waals surface area contributed by atoms with Crippen LogP contribution in [-0.2, 0) is 0 Å². The van der Waals surface area contributed by atoms with Gasteiger partial charge in [-0.05, 0) is 18.6 Å². The zero-order chi connectivity index (χ0) is 13.1. The van der Waals surface area contributed by atoms with Crippen LogP contribution in [0.3, 0.4) is 0 Å². The van der Waals surface area contributed by atoms with E-state index in [1.54, 1.807) is 23.1 Å². The SMILES string of the molecule is COc1cccc(C(=O)N2CCC(CO)C2)c1N. The number of amides is 1. The number of hydrogen-bond donors (Lipinski definition) is 2. The van der Waals surface area contributed by atoms with Gasteiger partial charge >= 0.3 is 0 Å². The van der Waals surface area contributed by atoms with Crippen molar-refractivity contribution in [3.8, 4) is 5.75 Å². The van der Waals surface area contributed by atoms with Gasteiger partial charge in [-0.25, -0.2) is 0 Å². The van der Waals surface area contributed by atoms with Crippen LogP contribution in [0.1, 0.15) is 16.8 Å². The van der Waals surface area contributed by atoms with Gasteiger partial charge in [0.1, 0.15) is 5.75 Å². The molecule has 0 radical (unpaired) electrons. The third kappa shape index (κ3) is 2.26. The summed E-state index contributed by atoms with van der Waals surface area (Å²) in [6, 6.07) is 5.18. The minimum Gasteiger partial charge on any atom is -0.495 e. The fourth-order valence-corrected chi connectivity index (χ4v) is 2.24. The molecule has 3 N–H and O–H groups in total. The van der Waals surface area contributed by atoms with E-state index in [1.165, 1.54) is 7.11 Å². The van der Waals surface area contributed by atoms with E-state index in [4.69, 9.17) is 15.6 Å². The number of anilines is 1. The Hall–Kier alpha value is -1.75. The molecule has 1 aromatic rings. The highest BCUT2D eigenvalue weighted by molar-refractivity contribution is 6.00. The van der Waals surface area contributed by atoms with Crippen LogP contribution in [0.2, 0.25) is 0 Å². The number of aliphatic hydroxyl groups is 1. The minimum atomic E-state index is -0.0950. The lowest BCUT2D eigenvalue weighted by Gasteiger charge is -2.18. The van der Waals surface area contributed by atoms with Gasteiger partial charge in [0.15, 0.2) is 0 Å². The van der Waals surface area contributed by atoms with Crippen LogP contribution < -0.4 is 10.5 Å². The third-order valence-corrected chi connectivity index (χ3v) is 3.35. The molecule has 1 heterocycles. The molecule has 0 aliphatic carbocycles. The number of likely N-dealkylation sites (tertiary alicyclic amines) is 1. The Labute approximate surface area is 106 Å². The molecule has 1 aliphatic heterocycles. The van der Waals surface area contributed by atoms with Crippen molar-refractivity contribution >= 4 is 11.6 Å². The van der Waals surface area contributed by atoms with Crippen LogP contribution in [0.15, 0.2) is 18.2 Å². The number of methoxy groups -OCH3 is 1. The molecule has 1 aromatic carbocycles. The van der Waals surface area contributed by atoms with Gasteiger partial charge in [-0.15, -0.1) is 0 Å². The van der Waals surface area contributed by atoms with E-state index in [-0.39, 0.29) is 18.4 Å². The average Bonchev–Trinajstić information content (AvgIpc) is 2.87. The highest BCUT2D eigenvalue weighted by atomic mass is 16.5. The molecule has 1 amide bonds. The van der Waals surface area contributed by atoms with Gasteiger partial charge in [0.05, 0.1) is 18.4 Å². The number of rotatable bonds is 3. The first-order valence-corrected chi connectivity index (χ1v) is 6.00. The van der Waals surface area contributed by atoms with Crippen LogP contribution in [0.5, 0.6) is 5.75 Å². The molecule has 98 valence electrons. The van der Waals surface area contributed by atoms with E-state index < -0.39 is 0 Å². The monoisotopic (exact) mass is 250 g/mol. The summed E-state index contributed by atoms with van der Waals surface area (Å²) in [6.45, 7) is 1.38. The van der Waals surface area contributed by atoms with Gasteiger partial charge in [-0.3, -0.25) is 4.79 Å². The molecular formula is C13H18N2O3. The summed E-state index contributed by atoms with van der Waals surface area (Å²) in [5.41, 5.74) is 6.75. The van der Waals surface area contributed by atoms with Gasteiger partial charge in [0.25, 0.3) is 5.91 Å². The molecule has 2 rings (SSSR count). The van der Waals surface area contributed by atoms with Crippen LogP contribution in [-0.4, -0.2) is 42.7 Å². The molecule has 0 bridgehead atoms. The number of carbonyl (C=O) groups is 1. The van der Waals surface area contributed by atoms with E-state index in [0.29, 0.717) is 30.1 Å². The maximum absolute atomic E-state index is 12.3. The van der Waals surface area contributed by atoms with Crippen molar-refractivity contribution in [1.29, 1.82) is 0 Å². The van der Waals surface area contributed by atoms with Crippen molar-refractivity contribution in [3.05, 3.63) is 23.8 Å². The van der Waals surface area contributed by atoms with Gasteiger partial charge in [0, 0.05) is 25.6 Å². The van der Waals surface area contributed by atoms with Crippen molar-refractivity contribution in [2.24, 2.45) is 5.92 Å². The first kappa shape index (κ1) is 12.7. The second kappa shape index (κ2) is 5.27. The Balaban J connectivity index is 2.19. The molecule has 1 saturated heterocycles. The average molecular weight is 250 g/mol. The molecule has 1 aliphatic rings. The predicted octanol–water partition coefficient (Wildman–Crippen LogP) is 0.732. The highest BCUT2D eigenvalue weighted by Crippen LogP contribution is 2.27. The quantitative estimate of drug-likeness (QED) is 0.775. The second-order valence-corrected chi connectivity index (χ2v) is 4.51. The number of carbonyl (C=O) groups excluding carboxylic acids is 1. The number of benzene rings is 1. The molecule has 0 aromatic heterocycles. The number of nitrogen functional groups attached to an aromatic ring is 1. The van der Waals surface area contributed by atoms with Crippen molar-refractivity contribution in [1.82, 2.24) is 4.90 Å². The van der Waals surface area contributed by atoms with E-state index in [1.807, 2.05) is 0 Å². The van der Waals surface area contributed by atoms with Crippen LogP contribution in [0.4, 0.5) is 5.69 Å². The van der Waals surface area contributed by atoms with Crippen molar-refractivity contribution in [3.63, 3.8) is 0 Å². The predicted molar refractivity (Wildman–Crippen MR) is 68.5 cm³/mol. The zero-order valence-corrected chi connectivity index (χ0v) is 10.4. The van der Waals surface area contributed by atoms with Crippen LogP contribution in [0.25, 0.3) is 0 Å². The topological polar surface area (TPSA) is 75.8 Å². The summed E-state index contributed by atoms with van der Waals surface area (Å²) in [5.74, 6) is 0.599. The van der Waals surface area contributed by atoms with E-state index in [9.17, 15) is 4.79 Å². The lowest BCUT2D eigenvalue weighted by molar-refractivity contribution is 0.0782. The van der Waals surface area contributed by atoms with Crippen LogP contribution >= 0.6 is 0 Å². The zero-order valence-electron chi connectivity index (χ0n) is 10.4. The maximum atomic E-state index is 12.3. The normalized spacial score (nSPS) is 19.0. The highest BCUT2D eigenvalue weighted by Gasteiger charge is 2.27. The Morgan fingerprint density at radius 1 is 1.61 bits per heavy atom. The van der Waals surface area contributed by atoms with E-state index in [0.717, 1.165) is 6.42 Å². The molecule has 18 heavy (non-hydrogen) atoms. The molecule has 5 heteroatoms. The van der Waals surface area contributed by atoms with Gasteiger partial charge in [0.2, 0.25) is 0 Å². The van der Waals surface area contributed by atoms with Crippen molar-refractivity contribution < 1.29 is 14.6 Å². The summed E-state index contributed by atoms with van der Waals surface area (Å²) in [4.78, 5) is 14.0. The first-order valence-electron chi connectivity index (χ1n) is 6.00. The van der Waals surface area contributed by atoms with Crippen molar-refractivity contribution in [2.45, 2.75) is 6.42 Å². The van der Waals surface area contributed by atoms with Crippen LogP contribution in [0, 0.1) is 5.92 Å². The van der Waals surface area contributed by atoms with E-state index in [2.05, 4.69) is 0 Å². The molecule has 1 atom stereocenters. The Morgan fingerprint density at radius 3 is 3.00 bits per heavy atom. The minimum absolute atomic E-state index is 0.0950. The summed E-state index contributed by atoms with van der Waals surface area (Å²) >= 11 is 0. The van der Waals surface area contributed by atoms with Gasteiger partial charge in [-0.2, -0.15) is 0 Å². The second-order valence-electron chi connectivity index (χ2n) is 4.51. The lowest BCUT2D eigenvalue weighted by Crippen LogP contribution is -2.29. The van der Waals surface area contributed by atoms with Gasteiger partial charge in [-0.1, -0.05) is 6.07 Å². The smallest absolute Gasteiger partial charge is 0.256 e. The number of nitrogens with zero attached hydrogens (tertiary/aromatic N) is 1. The molecule has 1 fully saturated rings. The fourth-order valence-electron chi connectivity index (χ4n) is 2.24. The molecule has 0 spiro atoms. The van der Waals surface area contributed by atoms with E-state index >= 15 is 0 Å². The summed E-state index contributed by atoms with van der Waals surface area (Å²) in [5, 5.41) is 9.09. The molecule has 0 saturated carbocycles. The number of ether oxygens (including phenoxy) is 1. The number of aliphatic hydroxyl groups excluding tert-OH is 1. The first-order chi connectivity index (χ1) is 8.67. The summed E-state index contributed by atoms with van der Waals surface area (Å²) in [6.07, 6.45) is 0.839. The fraction of sp³-hybridized carbons (Fsp3) is 0.462. The Morgan fingerprint density at radius 2 is 2.39 bits per heavy atom. The molecule has 1 unspecified atom stereocenters. The van der Waals surface area contributed by atoms with Crippen molar-refractivity contribution in [2.75, 3.05) is 32.5 Å². The largest absolute Gasteiger partial charge is 0.495 e. The lowest BCUT2D eigenvalue weighted by atomic mass is 10.1. The third-order valence-electron chi connectivity index (χ3n) is 3.35. The Bertz CT molecular complexity index is 448. The molecular weight excluding hydrogens is 232 g/mol. The van der Waals surface area contributed by atoms with Gasteiger partial charge < -0.3 is 20.5 Å². The maximum Gasteiger partial charge on any atom is 0.256 e.